The summed E-state index contributed by atoms with van der Waals surface area (Å²) in [6.07, 6.45) is 0.611. The quantitative estimate of drug-likeness (QED) is 0.0109. The van der Waals surface area contributed by atoms with E-state index in [2.05, 4.69) is 94.4 Å². The van der Waals surface area contributed by atoms with E-state index >= 15 is 14.4 Å². The SMILES string of the molecule is CC[C@H](C)[C@H](NC(C)=O)C(=O)N[C@H]1CSSC[C@@H](C(=O)N[C@H](C(N)=O)[C@@H](C)O)NC(=O)[C@H](CCCNC(=N)N)NC(=O)[C@H](Cc2cnc[nH]2)NC(=O)[C@@](C)(CC)NC(=O)CNC(=O)[C@H](Cc2c[nH]c3ccccc23)NC(=O)[C@H](CC(=O)O)NC(=O)[C@H](CCC(N)=O)NC(=O)[C@H](Cc2c[nH]c3ccccc23)NC(=O)[C@H](C(C)C)NC1=O. The van der Waals surface area contributed by atoms with Crippen molar-refractivity contribution in [2.45, 2.75) is 198 Å². The molecule has 1 fully saturated rings. The number of carboxylic acid groups (broad SMARTS) is 1. The van der Waals surface area contributed by atoms with Crippen LogP contribution < -0.4 is 91.6 Å². The van der Waals surface area contributed by atoms with E-state index in [1.54, 1.807) is 68.6 Å². The number of hydrogen-bond acceptors (Lipinski definition) is 21. The average molecular weight is 1640 g/mol. The normalized spacial score (nSPS) is 23.1. The van der Waals surface area contributed by atoms with E-state index in [0.717, 1.165) is 28.5 Å². The first-order chi connectivity index (χ1) is 54.4. The standard InChI is InChI=1S/C73H104N22O18S2/c1-9-36(5)58(84-38(7)97)70(112)91-53-33-115-114-32-52(68(110)94-59(37(6)96)60(75)102)90-62(104)46(20-15-23-79-72(76)77)85-65(107)50(26-41-30-78-34-83-41)92-71(113)73(8,10-2)95-55(99)31-82-61(103)48(24-39-28-80-44-18-13-11-16-42(39)44)87-66(108)51(27-56(100)101)88-63(105)47(21-22-54(74)98)86-64(106)49(89-69(111)57(35(3)4)93-67(53)109)25-40-29-81-45-19-14-12-17-43(40)45/h11-14,16-19,28-30,34-37,46-53,57-59,80-81,96H,9-10,15,20-27,31-33H2,1-8H3,(H2,74,98)(H2,75,102)(H,78,83)(H,82,103)(H,84,97)(H,85,107)(H,86,106)(H,87,108)(H,88,105)(H,89,111)(H,90,104)(H,91,112)(H,92,113)(H,93,109)(H,94,110)(H,95,99)(H,100,101)(H4,76,77,79)/t36-,37+,46-,47-,48-,49-,50-,51-,52-,53-,57-,58-,59-,73+/m0/s1. The van der Waals surface area contributed by atoms with Gasteiger partial charge in [-0.1, -0.05) is 99.0 Å². The Bertz CT molecular complexity index is 4330. The highest BCUT2D eigenvalue weighted by Gasteiger charge is 2.41. The minimum absolute atomic E-state index is 0.00576. The highest BCUT2D eigenvalue weighted by atomic mass is 33.1. The molecule has 26 N–H and O–H groups in total. The Labute approximate surface area is 669 Å². The van der Waals surface area contributed by atoms with E-state index in [4.69, 9.17) is 22.6 Å². The monoisotopic (exact) mass is 1640 g/mol. The van der Waals surface area contributed by atoms with E-state index in [1.807, 2.05) is 0 Å². The highest BCUT2D eigenvalue weighted by Crippen LogP contribution is 2.26. The number of aliphatic hydroxyl groups excluding tert-OH is 1. The number of guanidine groups is 1. The maximum Gasteiger partial charge on any atom is 0.305 e. The zero-order valence-corrected chi connectivity index (χ0v) is 66.5. The van der Waals surface area contributed by atoms with Crippen LogP contribution in [0.15, 0.2) is 73.4 Å². The molecule has 40 nitrogen and oxygen atoms in total. The van der Waals surface area contributed by atoms with Gasteiger partial charge < -0.3 is 117 Å². The Morgan fingerprint density at radius 3 is 1.72 bits per heavy atom. The zero-order valence-electron chi connectivity index (χ0n) is 64.8. The van der Waals surface area contributed by atoms with Crippen molar-refractivity contribution in [2.75, 3.05) is 24.6 Å². The maximum absolute atomic E-state index is 15.1. The van der Waals surface area contributed by atoms with Crippen LogP contribution in [0.5, 0.6) is 0 Å². The number of imidazole rings is 1. The smallest absolute Gasteiger partial charge is 0.305 e. The second kappa shape index (κ2) is 44.0. The first-order valence-corrected chi connectivity index (χ1v) is 39.7. The van der Waals surface area contributed by atoms with E-state index < -0.39 is 228 Å². The Hall–Kier alpha value is -11.8. The molecule has 0 aliphatic carbocycles. The largest absolute Gasteiger partial charge is 0.481 e. The number of nitrogens with two attached hydrogens (primary N) is 3. The fourth-order valence-electron chi connectivity index (χ4n) is 12.2. The number of primary amides is 2. The summed E-state index contributed by atoms with van der Waals surface area (Å²) in [4.78, 5) is 240. The molecule has 1 saturated heterocycles. The lowest BCUT2D eigenvalue weighted by molar-refractivity contribution is -0.141. The number of carboxylic acids is 1. The molecular weight excluding hydrogens is 1540 g/mol. The molecule has 0 unspecified atom stereocenters. The van der Waals surface area contributed by atoms with Gasteiger partial charge in [0.2, 0.25) is 88.6 Å². The minimum atomic E-state index is -2.07. The molecule has 0 spiro atoms. The van der Waals surface area contributed by atoms with Gasteiger partial charge in [0, 0.05) is 96.7 Å². The first-order valence-electron chi connectivity index (χ1n) is 37.2. The molecule has 1 aliphatic rings. The van der Waals surface area contributed by atoms with Gasteiger partial charge in [-0.25, -0.2) is 4.98 Å². The highest BCUT2D eigenvalue weighted by molar-refractivity contribution is 8.76. The predicted octanol–water partition coefficient (Wildman–Crippen LogP) is -3.88. The number of H-pyrrole nitrogens is 3. The molecule has 5 aromatic rings. The van der Waals surface area contributed by atoms with Gasteiger partial charge in [0.15, 0.2) is 5.96 Å². The fourth-order valence-corrected chi connectivity index (χ4v) is 14.5. The summed E-state index contributed by atoms with van der Waals surface area (Å²) in [6.45, 7) is 10.7. The molecule has 42 heteroatoms. The van der Waals surface area contributed by atoms with E-state index in [9.17, 15) is 72.5 Å². The molecule has 626 valence electrons. The summed E-state index contributed by atoms with van der Waals surface area (Å²) >= 11 is 0. The molecule has 0 radical (unpaired) electrons. The Morgan fingerprint density at radius 1 is 0.643 bits per heavy atom. The number of carbonyl (C=O) groups is 16. The molecule has 4 heterocycles. The van der Waals surface area contributed by atoms with Crippen LogP contribution in [0.1, 0.15) is 117 Å². The van der Waals surface area contributed by atoms with Crippen LogP contribution in [0, 0.1) is 17.2 Å². The molecule has 0 bridgehead atoms. The van der Waals surface area contributed by atoms with Crippen LogP contribution in [0.25, 0.3) is 21.8 Å². The third kappa shape index (κ3) is 28.1. The molecule has 14 atom stereocenters. The summed E-state index contributed by atoms with van der Waals surface area (Å²) in [7, 11) is 1.65. The lowest BCUT2D eigenvalue weighted by atomic mass is 9.96. The van der Waals surface area contributed by atoms with Gasteiger partial charge in [0.25, 0.3) is 0 Å². The van der Waals surface area contributed by atoms with Gasteiger partial charge in [-0.05, 0) is 74.6 Å². The van der Waals surface area contributed by atoms with Crippen LogP contribution in [-0.2, 0) is 96.0 Å². The number of hydrogen-bond donors (Lipinski definition) is 23. The molecule has 115 heavy (non-hydrogen) atoms. The number of nitrogens with zero attached hydrogens (tertiary/aromatic N) is 1. The van der Waals surface area contributed by atoms with Crippen molar-refractivity contribution in [1.82, 2.24) is 94.4 Å². The summed E-state index contributed by atoms with van der Waals surface area (Å²) in [5, 5.41) is 65.4. The number of fused-ring (bicyclic) bond motifs is 2. The summed E-state index contributed by atoms with van der Waals surface area (Å²) in [6, 6.07) is -4.77. The summed E-state index contributed by atoms with van der Waals surface area (Å²) in [5.41, 5.74) is 17.2. The number of aromatic nitrogens is 4. The molecule has 15 amide bonds. The summed E-state index contributed by atoms with van der Waals surface area (Å²) in [5.74, 6) is -19.9. The average Bonchev–Trinajstić information content (AvgIpc) is 1.71. The fraction of sp³-hybridized carbons (Fsp3) is 0.507. The molecule has 6 rings (SSSR count). The van der Waals surface area contributed by atoms with Crippen LogP contribution in [0.3, 0.4) is 0 Å². The van der Waals surface area contributed by atoms with Crippen LogP contribution in [-0.4, -0.2) is 233 Å². The Balaban J connectivity index is 1.49. The van der Waals surface area contributed by atoms with Crippen molar-refractivity contribution in [3.8, 4) is 0 Å². The van der Waals surface area contributed by atoms with Crippen molar-refractivity contribution in [1.29, 1.82) is 5.41 Å². The summed E-state index contributed by atoms with van der Waals surface area (Å²) < 4.78 is 0. The number of aliphatic hydroxyl groups is 1. The Kier molecular flexibility index (Phi) is 35.2. The van der Waals surface area contributed by atoms with Crippen LogP contribution in [0.4, 0.5) is 0 Å². The van der Waals surface area contributed by atoms with Crippen molar-refractivity contribution >= 4 is 144 Å². The lowest BCUT2D eigenvalue weighted by Crippen LogP contribution is -2.63. The molecule has 1 aliphatic heterocycles. The van der Waals surface area contributed by atoms with Gasteiger partial charge in [-0.2, -0.15) is 0 Å². The molecule has 2 aromatic carbocycles. The number of nitrogens with one attached hydrogen (secondary N) is 18. The van der Waals surface area contributed by atoms with Gasteiger partial charge in [0.1, 0.15) is 72.0 Å². The van der Waals surface area contributed by atoms with Crippen molar-refractivity contribution in [2.24, 2.45) is 29.0 Å². The van der Waals surface area contributed by atoms with E-state index in [0.29, 0.717) is 39.4 Å². The molecule has 0 saturated carbocycles. The van der Waals surface area contributed by atoms with Crippen LogP contribution in [0.2, 0.25) is 0 Å². The second-order valence-electron chi connectivity index (χ2n) is 28.4. The topological polar surface area (TPSA) is 644 Å². The van der Waals surface area contributed by atoms with E-state index in [-0.39, 0.29) is 50.8 Å². The van der Waals surface area contributed by atoms with Crippen molar-refractivity contribution in [3.63, 3.8) is 0 Å². The maximum atomic E-state index is 15.1. The van der Waals surface area contributed by atoms with Gasteiger partial charge in [-0.3, -0.25) is 82.1 Å². The molecular formula is C73H104N22O18S2. The third-order valence-corrected chi connectivity index (χ3v) is 21.5. The number of aliphatic carboxylic acids is 1. The molecule has 3 aromatic heterocycles. The Morgan fingerprint density at radius 2 is 1.18 bits per heavy atom. The van der Waals surface area contributed by atoms with Gasteiger partial charge in [0.05, 0.1) is 25.4 Å². The first kappa shape index (κ1) is 92.1. The van der Waals surface area contributed by atoms with Crippen molar-refractivity contribution in [3.05, 3.63) is 90.3 Å². The van der Waals surface area contributed by atoms with Gasteiger partial charge >= 0.3 is 5.97 Å². The predicted molar refractivity (Wildman–Crippen MR) is 423 cm³/mol. The van der Waals surface area contributed by atoms with Gasteiger partial charge in [-0.15, -0.1) is 0 Å². The number of benzene rings is 2. The third-order valence-electron chi connectivity index (χ3n) is 19.1. The van der Waals surface area contributed by atoms with Crippen molar-refractivity contribution < 1.29 is 86.9 Å². The number of carbonyl (C=O) groups excluding carboxylic acids is 15. The lowest BCUT2D eigenvalue weighted by Gasteiger charge is -2.31. The zero-order chi connectivity index (χ0) is 85.0. The van der Waals surface area contributed by atoms with E-state index in [1.165, 1.54) is 53.3 Å². The number of aromatic amines is 3. The number of amides is 15. The second-order valence-corrected chi connectivity index (χ2v) is 30.9. The number of rotatable bonds is 26. The number of para-hydroxylation sites is 2. The minimum Gasteiger partial charge on any atom is -0.481 e. The van der Waals surface area contributed by atoms with Crippen LogP contribution >= 0.6 is 21.6 Å².